The number of carbonyl (C=O) groups is 1. The standard InChI is InChI=1S/C8H8O3/c1-3-10-8(9)7-5-4-6(2)11-7/h3-5H,1H2,2H3. The maximum Gasteiger partial charge on any atom is 0.379 e. The number of furan rings is 1. The van der Waals surface area contributed by atoms with Crippen LogP contribution < -0.4 is 0 Å². The van der Waals surface area contributed by atoms with Crippen LogP contribution in [0.25, 0.3) is 0 Å². The largest absolute Gasteiger partial charge is 0.454 e. The van der Waals surface area contributed by atoms with Gasteiger partial charge in [-0.05, 0) is 19.1 Å². The summed E-state index contributed by atoms with van der Waals surface area (Å²) in [5.41, 5.74) is 0. The molecule has 0 N–H and O–H groups in total. The molecule has 3 heteroatoms. The summed E-state index contributed by atoms with van der Waals surface area (Å²) in [6.07, 6.45) is 1.07. The maximum atomic E-state index is 10.9. The van der Waals surface area contributed by atoms with Gasteiger partial charge in [-0.25, -0.2) is 4.79 Å². The smallest absolute Gasteiger partial charge is 0.379 e. The Morgan fingerprint density at radius 2 is 2.45 bits per heavy atom. The van der Waals surface area contributed by atoms with E-state index < -0.39 is 5.97 Å². The van der Waals surface area contributed by atoms with E-state index in [4.69, 9.17) is 4.42 Å². The second-order valence-electron chi connectivity index (χ2n) is 1.98. The summed E-state index contributed by atoms with van der Waals surface area (Å²) in [6.45, 7) is 5.00. The highest BCUT2D eigenvalue weighted by atomic mass is 16.5. The third kappa shape index (κ3) is 1.70. The van der Waals surface area contributed by atoms with Crippen molar-refractivity contribution in [1.82, 2.24) is 0 Å². The van der Waals surface area contributed by atoms with Gasteiger partial charge in [-0.3, -0.25) is 0 Å². The number of esters is 1. The zero-order valence-electron chi connectivity index (χ0n) is 6.16. The van der Waals surface area contributed by atoms with Gasteiger partial charge in [0.05, 0.1) is 6.26 Å². The number of rotatable bonds is 2. The van der Waals surface area contributed by atoms with Gasteiger partial charge in [-0.15, -0.1) is 0 Å². The molecular weight excluding hydrogens is 144 g/mol. The summed E-state index contributed by atoms with van der Waals surface area (Å²) in [4.78, 5) is 10.9. The van der Waals surface area contributed by atoms with E-state index in [9.17, 15) is 4.79 Å². The van der Waals surface area contributed by atoms with E-state index in [0.717, 1.165) is 6.26 Å². The molecule has 1 aromatic heterocycles. The summed E-state index contributed by atoms with van der Waals surface area (Å²) in [5, 5.41) is 0. The molecule has 0 atom stereocenters. The van der Waals surface area contributed by atoms with E-state index in [1.807, 2.05) is 0 Å². The number of hydrogen-bond donors (Lipinski definition) is 0. The normalized spacial score (nSPS) is 9.18. The van der Waals surface area contributed by atoms with Gasteiger partial charge in [0.25, 0.3) is 0 Å². The predicted molar refractivity (Wildman–Crippen MR) is 39.1 cm³/mol. The van der Waals surface area contributed by atoms with Crippen molar-refractivity contribution in [3.05, 3.63) is 36.5 Å². The van der Waals surface area contributed by atoms with E-state index in [1.165, 1.54) is 0 Å². The molecule has 0 unspecified atom stereocenters. The SMILES string of the molecule is C=COC(=O)c1ccc(C)o1. The zero-order chi connectivity index (χ0) is 8.27. The summed E-state index contributed by atoms with van der Waals surface area (Å²) < 4.78 is 9.45. The highest BCUT2D eigenvalue weighted by molar-refractivity contribution is 5.86. The van der Waals surface area contributed by atoms with Gasteiger partial charge in [0.2, 0.25) is 5.76 Å². The molecule has 1 rings (SSSR count). The lowest BCUT2D eigenvalue weighted by Crippen LogP contribution is -1.97. The molecule has 0 spiro atoms. The molecular formula is C8H8O3. The van der Waals surface area contributed by atoms with Crippen LogP contribution in [0.15, 0.2) is 29.4 Å². The van der Waals surface area contributed by atoms with Crippen molar-refractivity contribution >= 4 is 5.97 Å². The summed E-state index contributed by atoms with van der Waals surface area (Å²) in [7, 11) is 0. The lowest BCUT2D eigenvalue weighted by molar-refractivity contribution is 0.0628. The average molecular weight is 152 g/mol. The van der Waals surface area contributed by atoms with Crippen LogP contribution in [0.3, 0.4) is 0 Å². The molecule has 0 amide bonds. The first-order valence-electron chi connectivity index (χ1n) is 3.12. The monoisotopic (exact) mass is 152 g/mol. The molecule has 1 aromatic rings. The lowest BCUT2D eigenvalue weighted by Gasteiger charge is -1.91. The van der Waals surface area contributed by atoms with Crippen LogP contribution in [0.5, 0.6) is 0 Å². The van der Waals surface area contributed by atoms with Crippen molar-refractivity contribution < 1.29 is 13.9 Å². The van der Waals surface area contributed by atoms with Gasteiger partial charge >= 0.3 is 5.97 Å². The molecule has 0 aliphatic rings. The molecule has 11 heavy (non-hydrogen) atoms. The Hall–Kier alpha value is -1.51. The molecule has 3 nitrogen and oxygen atoms in total. The fourth-order valence-corrected chi connectivity index (χ4v) is 0.678. The highest BCUT2D eigenvalue weighted by Crippen LogP contribution is 2.07. The van der Waals surface area contributed by atoms with Crippen LogP contribution in [0.4, 0.5) is 0 Å². The van der Waals surface area contributed by atoms with Crippen LogP contribution in [-0.4, -0.2) is 5.97 Å². The molecule has 58 valence electrons. The van der Waals surface area contributed by atoms with E-state index in [1.54, 1.807) is 19.1 Å². The Bertz CT molecular complexity index is 273. The minimum atomic E-state index is -0.520. The minimum Gasteiger partial charge on any atom is -0.454 e. The zero-order valence-corrected chi connectivity index (χ0v) is 6.16. The Morgan fingerprint density at radius 1 is 1.73 bits per heavy atom. The number of carbonyl (C=O) groups excluding carboxylic acids is 1. The molecule has 0 aliphatic carbocycles. The fourth-order valence-electron chi connectivity index (χ4n) is 0.678. The molecule has 0 bridgehead atoms. The number of aryl methyl sites for hydroxylation is 1. The lowest BCUT2D eigenvalue weighted by atomic mass is 10.4. The first-order valence-corrected chi connectivity index (χ1v) is 3.12. The highest BCUT2D eigenvalue weighted by Gasteiger charge is 2.08. The van der Waals surface area contributed by atoms with Crippen LogP contribution in [0.1, 0.15) is 16.3 Å². The van der Waals surface area contributed by atoms with Gasteiger partial charge < -0.3 is 9.15 Å². The first kappa shape index (κ1) is 7.60. The Labute approximate surface area is 64.3 Å². The second kappa shape index (κ2) is 3.05. The Balaban J connectivity index is 2.76. The van der Waals surface area contributed by atoms with Gasteiger partial charge in [0.1, 0.15) is 5.76 Å². The summed E-state index contributed by atoms with van der Waals surface area (Å²) in [5.74, 6) is 0.358. The second-order valence-corrected chi connectivity index (χ2v) is 1.98. The first-order chi connectivity index (χ1) is 5.24. The summed E-state index contributed by atoms with van der Waals surface area (Å²) in [6, 6.07) is 3.25. The van der Waals surface area contributed by atoms with E-state index in [2.05, 4.69) is 11.3 Å². The van der Waals surface area contributed by atoms with E-state index >= 15 is 0 Å². The Kier molecular flexibility index (Phi) is 2.11. The number of ether oxygens (including phenoxy) is 1. The van der Waals surface area contributed by atoms with Crippen molar-refractivity contribution in [2.45, 2.75) is 6.92 Å². The third-order valence-corrected chi connectivity index (χ3v) is 1.13. The molecule has 0 fully saturated rings. The molecule has 0 saturated heterocycles. The molecule has 0 saturated carbocycles. The van der Waals surface area contributed by atoms with Crippen molar-refractivity contribution in [3.8, 4) is 0 Å². The van der Waals surface area contributed by atoms with Crippen molar-refractivity contribution in [2.75, 3.05) is 0 Å². The van der Waals surface area contributed by atoms with Gasteiger partial charge in [-0.2, -0.15) is 0 Å². The van der Waals surface area contributed by atoms with Crippen LogP contribution >= 0.6 is 0 Å². The molecule has 1 heterocycles. The molecule has 0 radical (unpaired) electrons. The molecule has 0 aromatic carbocycles. The quantitative estimate of drug-likeness (QED) is 0.479. The van der Waals surface area contributed by atoms with E-state index in [-0.39, 0.29) is 5.76 Å². The third-order valence-electron chi connectivity index (χ3n) is 1.13. The van der Waals surface area contributed by atoms with Crippen molar-refractivity contribution in [3.63, 3.8) is 0 Å². The van der Waals surface area contributed by atoms with Crippen LogP contribution in [0.2, 0.25) is 0 Å². The number of hydrogen-bond acceptors (Lipinski definition) is 3. The minimum absolute atomic E-state index is 0.197. The van der Waals surface area contributed by atoms with Crippen LogP contribution in [0, 0.1) is 6.92 Å². The predicted octanol–water partition coefficient (Wildman–Crippen LogP) is 1.89. The van der Waals surface area contributed by atoms with Gasteiger partial charge in [-0.1, -0.05) is 6.58 Å². The van der Waals surface area contributed by atoms with Crippen molar-refractivity contribution in [2.24, 2.45) is 0 Å². The van der Waals surface area contributed by atoms with Gasteiger partial charge in [0, 0.05) is 0 Å². The van der Waals surface area contributed by atoms with E-state index in [0.29, 0.717) is 5.76 Å². The maximum absolute atomic E-state index is 10.9. The topological polar surface area (TPSA) is 39.4 Å². The summed E-state index contributed by atoms with van der Waals surface area (Å²) >= 11 is 0. The fraction of sp³-hybridized carbons (Fsp3) is 0.125. The van der Waals surface area contributed by atoms with Crippen molar-refractivity contribution in [1.29, 1.82) is 0 Å². The average Bonchev–Trinajstić information content (AvgIpc) is 2.36. The van der Waals surface area contributed by atoms with Crippen LogP contribution in [-0.2, 0) is 4.74 Å². The van der Waals surface area contributed by atoms with Gasteiger partial charge in [0.15, 0.2) is 0 Å². The molecule has 0 aliphatic heterocycles. The Morgan fingerprint density at radius 3 is 2.91 bits per heavy atom.